The van der Waals surface area contributed by atoms with Gasteiger partial charge in [0.1, 0.15) is 17.0 Å². The van der Waals surface area contributed by atoms with Gasteiger partial charge in [-0.3, -0.25) is 9.89 Å². The molecule has 0 bridgehead atoms. The van der Waals surface area contributed by atoms with Gasteiger partial charge in [-0.2, -0.15) is 5.10 Å². The molecular weight excluding hydrogens is 376 g/mol. The summed E-state index contributed by atoms with van der Waals surface area (Å²) in [5.74, 6) is 1.33. The van der Waals surface area contributed by atoms with E-state index in [0.29, 0.717) is 45.0 Å². The Balaban J connectivity index is 2.19. The topological polar surface area (TPSA) is 103 Å². The number of aromatic nitrogens is 2. The molecule has 0 saturated carbocycles. The van der Waals surface area contributed by atoms with Crippen molar-refractivity contribution in [2.45, 2.75) is 19.4 Å². The van der Waals surface area contributed by atoms with Crippen molar-refractivity contribution in [1.82, 2.24) is 10.2 Å². The van der Waals surface area contributed by atoms with Gasteiger partial charge in [0.05, 0.1) is 39.6 Å². The number of nitrogens with zero attached hydrogens (tertiary/aromatic N) is 1. The Morgan fingerprint density at radius 1 is 0.966 bits per heavy atom. The molecule has 1 heterocycles. The first kappa shape index (κ1) is 20.5. The van der Waals surface area contributed by atoms with E-state index in [1.54, 1.807) is 38.1 Å². The fraction of sp³-hybridized carbons (Fsp3) is 0.333. The Morgan fingerprint density at radius 3 is 2.03 bits per heavy atom. The van der Waals surface area contributed by atoms with Gasteiger partial charge in [0.2, 0.25) is 11.5 Å². The standard InChI is InChI=1S/C21H24N2O6/c1-21(2,25)16-13(26-3)8-7-12-17(16)22-23-18(12)19(24)11-9-14(27-4)20(29-6)15(10-11)28-5/h7-10,25H,1-6H3,(H,22,23). The molecule has 0 fully saturated rings. The molecular formula is C21H24N2O6. The summed E-state index contributed by atoms with van der Waals surface area (Å²) in [4.78, 5) is 13.3. The zero-order chi connectivity index (χ0) is 21.3. The van der Waals surface area contributed by atoms with Crippen LogP contribution in [0.1, 0.15) is 35.5 Å². The highest BCUT2D eigenvalue weighted by Gasteiger charge is 2.28. The number of fused-ring (bicyclic) bond motifs is 1. The Labute approximate surface area is 168 Å². The number of methoxy groups -OCH3 is 4. The van der Waals surface area contributed by atoms with Crippen LogP contribution in [0.5, 0.6) is 23.0 Å². The molecule has 3 rings (SSSR count). The lowest BCUT2D eigenvalue weighted by molar-refractivity contribution is 0.0771. The number of hydrogen-bond donors (Lipinski definition) is 2. The van der Waals surface area contributed by atoms with Gasteiger partial charge in [-0.15, -0.1) is 0 Å². The van der Waals surface area contributed by atoms with Gasteiger partial charge in [-0.25, -0.2) is 0 Å². The number of hydrogen-bond acceptors (Lipinski definition) is 7. The van der Waals surface area contributed by atoms with E-state index in [-0.39, 0.29) is 11.5 Å². The number of carbonyl (C=O) groups excluding carboxylic acids is 1. The van der Waals surface area contributed by atoms with Crippen molar-refractivity contribution in [1.29, 1.82) is 0 Å². The zero-order valence-electron chi connectivity index (χ0n) is 17.2. The summed E-state index contributed by atoms with van der Waals surface area (Å²) in [6, 6.07) is 6.60. The van der Waals surface area contributed by atoms with Gasteiger partial charge in [0.25, 0.3) is 0 Å². The summed E-state index contributed by atoms with van der Waals surface area (Å²) in [5, 5.41) is 18.2. The highest BCUT2D eigenvalue weighted by Crippen LogP contribution is 2.40. The SMILES string of the molecule is COc1cc(C(=O)c2[nH]nc3c(C(C)(C)O)c(OC)ccc23)cc(OC)c1OC. The molecule has 8 nitrogen and oxygen atoms in total. The lowest BCUT2D eigenvalue weighted by atomic mass is 9.93. The molecule has 0 aliphatic carbocycles. The monoisotopic (exact) mass is 400 g/mol. The van der Waals surface area contributed by atoms with Crippen molar-refractivity contribution in [3.8, 4) is 23.0 Å². The summed E-state index contributed by atoms with van der Waals surface area (Å²) in [7, 11) is 5.99. The predicted octanol–water partition coefficient (Wildman–Crippen LogP) is 3.06. The Morgan fingerprint density at radius 2 is 1.55 bits per heavy atom. The Hall–Kier alpha value is -3.26. The molecule has 0 unspecified atom stereocenters. The maximum absolute atomic E-state index is 13.3. The van der Waals surface area contributed by atoms with Crippen LogP contribution in [0.25, 0.3) is 10.9 Å². The van der Waals surface area contributed by atoms with Crippen LogP contribution in [0.4, 0.5) is 0 Å². The van der Waals surface area contributed by atoms with E-state index in [2.05, 4.69) is 10.2 Å². The van der Waals surface area contributed by atoms with Gasteiger partial charge in [-0.05, 0) is 38.1 Å². The number of aromatic amines is 1. The van der Waals surface area contributed by atoms with Gasteiger partial charge in [0.15, 0.2) is 11.5 Å². The first-order valence-electron chi connectivity index (χ1n) is 8.89. The van der Waals surface area contributed by atoms with Crippen LogP contribution < -0.4 is 18.9 Å². The summed E-state index contributed by atoms with van der Waals surface area (Å²) in [6.07, 6.45) is 0. The van der Waals surface area contributed by atoms with Crippen molar-refractivity contribution in [3.05, 3.63) is 41.1 Å². The van der Waals surface area contributed by atoms with Crippen molar-refractivity contribution < 1.29 is 28.8 Å². The fourth-order valence-electron chi connectivity index (χ4n) is 3.35. The van der Waals surface area contributed by atoms with Gasteiger partial charge < -0.3 is 24.1 Å². The summed E-state index contributed by atoms with van der Waals surface area (Å²) in [6.45, 7) is 3.28. The van der Waals surface area contributed by atoms with Crippen LogP contribution in [-0.2, 0) is 5.60 Å². The first-order valence-corrected chi connectivity index (χ1v) is 8.89. The number of benzene rings is 2. The molecule has 29 heavy (non-hydrogen) atoms. The second-order valence-corrected chi connectivity index (χ2v) is 6.94. The van der Waals surface area contributed by atoms with Crippen LogP contribution in [0.15, 0.2) is 24.3 Å². The van der Waals surface area contributed by atoms with E-state index < -0.39 is 5.60 Å². The molecule has 3 aromatic rings. The average Bonchev–Trinajstić information content (AvgIpc) is 3.14. The van der Waals surface area contributed by atoms with Crippen molar-refractivity contribution in [2.75, 3.05) is 28.4 Å². The number of nitrogens with one attached hydrogen (secondary N) is 1. The zero-order valence-corrected chi connectivity index (χ0v) is 17.2. The smallest absolute Gasteiger partial charge is 0.211 e. The van der Waals surface area contributed by atoms with E-state index in [9.17, 15) is 9.90 Å². The lowest BCUT2D eigenvalue weighted by Crippen LogP contribution is -2.17. The number of carbonyl (C=O) groups is 1. The van der Waals surface area contributed by atoms with Gasteiger partial charge in [0, 0.05) is 10.9 Å². The molecule has 0 aliphatic rings. The third-order valence-electron chi connectivity index (χ3n) is 4.67. The molecule has 8 heteroatoms. The number of rotatable bonds is 7. The van der Waals surface area contributed by atoms with E-state index in [1.165, 1.54) is 28.4 Å². The highest BCUT2D eigenvalue weighted by molar-refractivity contribution is 6.15. The number of aliphatic hydroxyl groups is 1. The number of ketones is 1. The third kappa shape index (κ3) is 3.47. The summed E-state index contributed by atoms with van der Waals surface area (Å²) >= 11 is 0. The second kappa shape index (κ2) is 7.63. The van der Waals surface area contributed by atoms with Crippen molar-refractivity contribution >= 4 is 16.7 Å². The second-order valence-electron chi connectivity index (χ2n) is 6.94. The predicted molar refractivity (Wildman–Crippen MR) is 107 cm³/mol. The summed E-state index contributed by atoms with van der Waals surface area (Å²) < 4.78 is 21.4. The van der Waals surface area contributed by atoms with Crippen LogP contribution in [0, 0.1) is 0 Å². The van der Waals surface area contributed by atoms with Crippen molar-refractivity contribution in [3.63, 3.8) is 0 Å². The van der Waals surface area contributed by atoms with E-state index in [1.807, 2.05) is 0 Å². The van der Waals surface area contributed by atoms with E-state index in [0.717, 1.165) is 0 Å². The first-order chi connectivity index (χ1) is 13.8. The highest BCUT2D eigenvalue weighted by atomic mass is 16.5. The van der Waals surface area contributed by atoms with Crippen LogP contribution in [0.3, 0.4) is 0 Å². The minimum absolute atomic E-state index is 0.280. The maximum atomic E-state index is 13.3. The molecule has 0 amide bonds. The third-order valence-corrected chi connectivity index (χ3v) is 4.67. The van der Waals surface area contributed by atoms with Gasteiger partial charge in [-0.1, -0.05) is 0 Å². The number of H-pyrrole nitrogens is 1. The largest absolute Gasteiger partial charge is 0.496 e. The average molecular weight is 400 g/mol. The van der Waals surface area contributed by atoms with Crippen LogP contribution in [-0.4, -0.2) is 49.5 Å². The molecule has 2 N–H and O–H groups in total. The molecule has 0 aliphatic heterocycles. The fourth-order valence-corrected chi connectivity index (χ4v) is 3.35. The minimum atomic E-state index is -1.22. The molecule has 1 aromatic heterocycles. The van der Waals surface area contributed by atoms with E-state index >= 15 is 0 Å². The van der Waals surface area contributed by atoms with Gasteiger partial charge >= 0.3 is 0 Å². The molecule has 0 radical (unpaired) electrons. The van der Waals surface area contributed by atoms with Crippen LogP contribution in [0.2, 0.25) is 0 Å². The molecule has 0 spiro atoms. The lowest BCUT2D eigenvalue weighted by Gasteiger charge is -2.21. The van der Waals surface area contributed by atoms with E-state index in [4.69, 9.17) is 18.9 Å². The maximum Gasteiger partial charge on any atom is 0.211 e. The van der Waals surface area contributed by atoms with Crippen molar-refractivity contribution in [2.24, 2.45) is 0 Å². The molecule has 0 saturated heterocycles. The summed E-state index contributed by atoms with van der Waals surface area (Å²) in [5.41, 5.74) is 0.367. The normalized spacial score (nSPS) is 11.4. The number of ether oxygens (including phenoxy) is 4. The minimum Gasteiger partial charge on any atom is -0.496 e. The van der Waals surface area contributed by atoms with Crippen LogP contribution >= 0.6 is 0 Å². The Bertz CT molecular complexity index is 1040. The molecule has 154 valence electrons. The Kier molecular flexibility index (Phi) is 5.39. The molecule has 0 atom stereocenters. The quantitative estimate of drug-likeness (QED) is 0.588. The molecule has 2 aromatic carbocycles.